The Morgan fingerprint density at radius 3 is 2.92 bits per heavy atom. The molecule has 25 heavy (non-hydrogen) atoms. The summed E-state index contributed by atoms with van der Waals surface area (Å²) in [5.41, 5.74) is 0.805. The zero-order valence-electron chi connectivity index (χ0n) is 14.7. The lowest BCUT2D eigenvalue weighted by Gasteiger charge is -2.35. The van der Waals surface area contributed by atoms with Crippen molar-refractivity contribution in [1.82, 2.24) is 9.80 Å². The van der Waals surface area contributed by atoms with Gasteiger partial charge in [0, 0.05) is 26.1 Å². The van der Waals surface area contributed by atoms with Gasteiger partial charge in [-0.2, -0.15) is 0 Å². The number of morpholine rings is 1. The van der Waals surface area contributed by atoms with Crippen molar-refractivity contribution in [3.8, 4) is 0 Å². The monoisotopic (exact) mass is 352 g/mol. The molecule has 0 aromatic heterocycles. The summed E-state index contributed by atoms with van der Waals surface area (Å²) < 4.78 is 19.0. The first-order valence-corrected chi connectivity index (χ1v) is 8.40. The molecule has 1 aliphatic rings. The second-order valence-corrected chi connectivity index (χ2v) is 6.58. The lowest BCUT2D eigenvalue weighted by molar-refractivity contribution is -0.142. The molecule has 6 nitrogen and oxygen atoms in total. The number of carbonyl (C=O) groups excluding carboxylic acids is 1. The Bertz CT molecular complexity index is 610. The Balaban J connectivity index is 1.87. The van der Waals surface area contributed by atoms with Gasteiger partial charge in [0.1, 0.15) is 5.82 Å². The first kappa shape index (κ1) is 19.3. The lowest BCUT2D eigenvalue weighted by atomic mass is 9.97. The fourth-order valence-corrected chi connectivity index (χ4v) is 3.02. The Kier molecular flexibility index (Phi) is 6.90. The molecule has 2 atom stereocenters. The van der Waals surface area contributed by atoms with Gasteiger partial charge in [-0.1, -0.05) is 19.1 Å². The van der Waals surface area contributed by atoms with E-state index in [2.05, 4.69) is 0 Å². The topological polar surface area (TPSA) is 70.1 Å². The summed E-state index contributed by atoms with van der Waals surface area (Å²) in [6, 6.07) is 6.32. The molecule has 1 aromatic rings. The third kappa shape index (κ3) is 6.10. The summed E-state index contributed by atoms with van der Waals surface area (Å²) in [7, 11) is 1.71. The highest BCUT2D eigenvalue weighted by molar-refractivity contribution is 5.77. The number of ether oxygens (including phenoxy) is 1. The maximum atomic E-state index is 13.3. The van der Waals surface area contributed by atoms with E-state index in [9.17, 15) is 14.0 Å². The quantitative estimate of drug-likeness (QED) is 0.807. The molecule has 1 aromatic carbocycles. The Morgan fingerprint density at radius 2 is 2.24 bits per heavy atom. The minimum absolute atomic E-state index is 0.00551. The molecule has 7 heteroatoms. The molecular weight excluding hydrogens is 327 g/mol. The molecule has 1 saturated heterocycles. The Hall–Kier alpha value is -1.99. The van der Waals surface area contributed by atoms with E-state index in [-0.39, 0.29) is 30.3 Å². The van der Waals surface area contributed by atoms with Gasteiger partial charge in [-0.15, -0.1) is 0 Å². The van der Waals surface area contributed by atoms with E-state index in [1.165, 1.54) is 12.1 Å². The number of hydrogen-bond donors (Lipinski definition) is 1. The van der Waals surface area contributed by atoms with Crippen molar-refractivity contribution in [1.29, 1.82) is 0 Å². The van der Waals surface area contributed by atoms with E-state index in [1.807, 2.05) is 13.0 Å². The van der Waals surface area contributed by atoms with Gasteiger partial charge in [0.2, 0.25) is 5.91 Å². The second kappa shape index (κ2) is 8.92. The van der Waals surface area contributed by atoms with Crippen LogP contribution in [0.2, 0.25) is 0 Å². The van der Waals surface area contributed by atoms with Gasteiger partial charge in [0.05, 0.1) is 19.3 Å². The molecule has 1 amide bonds. The smallest absolute Gasteiger partial charge is 0.317 e. The van der Waals surface area contributed by atoms with E-state index in [0.29, 0.717) is 32.7 Å². The largest absolute Gasteiger partial charge is 0.480 e. The molecule has 1 fully saturated rings. The first-order chi connectivity index (χ1) is 11.8. The molecular formula is C18H25FN2O4. The number of carboxylic acids is 1. The van der Waals surface area contributed by atoms with Crippen LogP contribution in [0, 0.1) is 5.82 Å². The summed E-state index contributed by atoms with van der Waals surface area (Å²) in [6.07, 6.45) is 0.104. The number of rotatable bonds is 7. The van der Waals surface area contributed by atoms with E-state index in [0.717, 1.165) is 5.56 Å². The van der Waals surface area contributed by atoms with Crippen LogP contribution in [0.5, 0.6) is 0 Å². The van der Waals surface area contributed by atoms with Crippen molar-refractivity contribution in [2.24, 2.45) is 0 Å². The number of benzene rings is 1. The Morgan fingerprint density at radius 1 is 1.48 bits per heavy atom. The normalized spacial score (nSPS) is 19.0. The van der Waals surface area contributed by atoms with Crippen LogP contribution in [0.3, 0.4) is 0 Å². The molecule has 2 unspecified atom stereocenters. The molecule has 1 aliphatic heterocycles. The fourth-order valence-electron chi connectivity index (χ4n) is 3.02. The van der Waals surface area contributed by atoms with Crippen LogP contribution < -0.4 is 0 Å². The van der Waals surface area contributed by atoms with Crippen molar-refractivity contribution in [3.05, 3.63) is 35.6 Å². The second-order valence-electron chi connectivity index (χ2n) is 6.58. The van der Waals surface area contributed by atoms with Gasteiger partial charge >= 0.3 is 5.97 Å². The summed E-state index contributed by atoms with van der Waals surface area (Å²) in [4.78, 5) is 26.7. The summed E-state index contributed by atoms with van der Waals surface area (Å²) in [6.45, 7) is 3.70. The predicted molar refractivity (Wildman–Crippen MR) is 90.9 cm³/mol. The van der Waals surface area contributed by atoms with E-state index < -0.39 is 5.97 Å². The highest BCUT2D eigenvalue weighted by Crippen LogP contribution is 2.21. The number of carboxylic acid groups (broad SMARTS) is 1. The van der Waals surface area contributed by atoms with Gasteiger partial charge in [-0.25, -0.2) is 4.39 Å². The first-order valence-electron chi connectivity index (χ1n) is 8.40. The molecule has 1 N–H and O–H groups in total. The summed E-state index contributed by atoms with van der Waals surface area (Å²) in [5, 5.41) is 8.81. The molecule has 2 rings (SSSR count). The lowest BCUT2D eigenvalue weighted by Crippen LogP contribution is -2.49. The maximum Gasteiger partial charge on any atom is 0.317 e. The van der Waals surface area contributed by atoms with Crippen LogP contribution in [-0.4, -0.2) is 72.7 Å². The average molecular weight is 352 g/mol. The van der Waals surface area contributed by atoms with Crippen molar-refractivity contribution in [2.75, 3.05) is 39.8 Å². The van der Waals surface area contributed by atoms with Gasteiger partial charge < -0.3 is 14.7 Å². The molecule has 0 aliphatic carbocycles. The summed E-state index contributed by atoms with van der Waals surface area (Å²) in [5.74, 6) is -1.26. The van der Waals surface area contributed by atoms with Crippen molar-refractivity contribution in [2.45, 2.75) is 25.4 Å². The highest BCUT2D eigenvalue weighted by Gasteiger charge is 2.26. The number of nitrogens with zero attached hydrogens (tertiary/aromatic N) is 2. The number of aliphatic carboxylic acids is 1. The van der Waals surface area contributed by atoms with Crippen LogP contribution in [0.4, 0.5) is 4.39 Å². The molecule has 0 spiro atoms. The van der Waals surface area contributed by atoms with Crippen LogP contribution in [-0.2, 0) is 14.3 Å². The number of hydrogen-bond acceptors (Lipinski definition) is 4. The van der Waals surface area contributed by atoms with Gasteiger partial charge in [-0.05, 0) is 30.7 Å². The molecule has 1 heterocycles. The van der Waals surface area contributed by atoms with Crippen molar-refractivity contribution < 1.29 is 23.8 Å². The number of carbonyl (C=O) groups is 2. The zero-order valence-corrected chi connectivity index (χ0v) is 14.7. The third-order valence-electron chi connectivity index (χ3n) is 4.31. The number of halogens is 1. The van der Waals surface area contributed by atoms with Crippen LogP contribution in [0.1, 0.15) is 24.8 Å². The zero-order chi connectivity index (χ0) is 18.4. The molecule has 0 radical (unpaired) electrons. The standard InChI is InChI=1S/C18H25FN2O4/c1-13(14-4-3-5-15(19)9-14)8-17(22)21-6-7-25-16(11-21)10-20(2)12-18(23)24/h3-5,9,13,16H,6-8,10-12H2,1-2H3,(H,23,24). The van der Waals surface area contributed by atoms with Crippen LogP contribution in [0.25, 0.3) is 0 Å². The van der Waals surface area contributed by atoms with Crippen molar-refractivity contribution in [3.63, 3.8) is 0 Å². The fraction of sp³-hybridized carbons (Fsp3) is 0.556. The highest BCUT2D eigenvalue weighted by atomic mass is 19.1. The van der Waals surface area contributed by atoms with Gasteiger partial charge in [0.25, 0.3) is 0 Å². The van der Waals surface area contributed by atoms with Gasteiger partial charge in [0.15, 0.2) is 0 Å². The summed E-state index contributed by atoms with van der Waals surface area (Å²) >= 11 is 0. The Labute approximate surface area is 147 Å². The minimum atomic E-state index is -0.893. The van der Waals surface area contributed by atoms with Crippen LogP contribution >= 0.6 is 0 Å². The van der Waals surface area contributed by atoms with E-state index in [1.54, 1.807) is 22.9 Å². The number of amides is 1. The van der Waals surface area contributed by atoms with Crippen LogP contribution in [0.15, 0.2) is 24.3 Å². The predicted octanol–water partition coefficient (Wildman–Crippen LogP) is 1.56. The SMILES string of the molecule is CC(CC(=O)N1CCOC(CN(C)CC(=O)O)C1)c1cccc(F)c1. The molecule has 0 saturated carbocycles. The van der Waals surface area contributed by atoms with Crippen molar-refractivity contribution >= 4 is 11.9 Å². The molecule has 0 bridgehead atoms. The molecule has 138 valence electrons. The van der Waals surface area contributed by atoms with E-state index >= 15 is 0 Å². The average Bonchev–Trinajstić information content (AvgIpc) is 2.54. The minimum Gasteiger partial charge on any atom is -0.480 e. The van der Waals surface area contributed by atoms with Gasteiger partial charge in [-0.3, -0.25) is 14.5 Å². The number of likely N-dealkylation sites (N-methyl/N-ethyl adjacent to an activating group) is 1. The third-order valence-corrected chi connectivity index (χ3v) is 4.31. The maximum absolute atomic E-state index is 13.3. The van der Waals surface area contributed by atoms with E-state index in [4.69, 9.17) is 9.84 Å².